The lowest BCUT2D eigenvalue weighted by Gasteiger charge is -2.30. The van der Waals surface area contributed by atoms with Crippen LogP contribution in [0, 0.1) is 0 Å². The standard InChI is InChI=1S/C17H27N3O5S/c1-4-20(22)8-6-7-12(20)11-19-17(21)13-9-16(26(23,24)5-2)14(18)10-15(13)25-3/h9-10,12,22H,4-8,11H2,1-3H3,(H2-,18,19,21)/p+1/t12-,20?/m0/s1. The molecule has 4 N–H and O–H groups in total. The van der Waals surface area contributed by atoms with Gasteiger partial charge in [0, 0.05) is 18.9 Å². The Labute approximate surface area is 154 Å². The van der Waals surface area contributed by atoms with Crippen LogP contribution < -0.4 is 15.8 Å². The molecule has 1 aliphatic rings. The van der Waals surface area contributed by atoms with Gasteiger partial charge in [0.05, 0.1) is 35.6 Å². The van der Waals surface area contributed by atoms with Gasteiger partial charge < -0.3 is 15.8 Å². The van der Waals surface area contributed by atoms with Crippen LogP contribution >= 0.6 is 0 Å². The summed E-state index contributed by atoms with van der Waals surface area (Å²) in [6, 6.07) is 2.53. The normalized spacial score (nSPS) is 23.0. The summed E-state index contributed by atoms with van der Waals surface area (Å²) in [7, 11) is -2.17. The van der Waals surface area contributed by atoms with E-state index in [4.69, 9.17) is 10.5 Å². The number of carbonyl (C=O) groups excluding carboxylic acids is 1. The maximum absolute atomic E-state index is 12.6. The van der Waals surface area contributed by atoms with Gasteiger partial charge in [-0.1, -0.05) is 6.92 Å². The number of rotatable bonds is 7. The van der Waals surface area contributed by atoms with Crippen LogP contribution in [0.3, 0.4) is 0 Å². The molecule has 26 heavy (non-hydrogen) atoms. The SMILES string of the molecule is CC[N+]1(O)CCC[C@H]1CNC(=O)c1cc(S(=O)(=O)CC)c(N)cc1OC. The first-order chi connectivity index (χ1) is 12.2. The highest BCUT2D eigenvalue weighted by atomic mass is 32.2. The molecule has 0 bridgehead atoms. The second-order valence-corrected chi connectivity index (χ2v) is 8.77. The lowest BCUT2D eigenvalue weighted by Crippen LogP contribution is -2.53. The second-order valence-electron chi connectivity index (χ2n) is 6.53. The van der Waals surface area contributed by atoms with Crippen molar-refractivity contribution in [2.75, 3.05) is 38.2 Å². The Hall–Kier alpha value is -1.84. The molecule has 1 heterocycles. The lowest BCUT2D eigenvalue weighted by molar-refractivity contribution is -1.11. The van der Waals surface area contributed by atoms with Crippen LogP contribution in [0.5, 0.6) is 5.75 Å². The van der Waals surface area contributed by atoms with Crippen LogP contribution in [-0.2, 0) is 9.84 Å². The highest BCUT2D eigenvalue weighted by Gasteiger charge is 2.40. The van der Waals surface area contributed by atoms with Gasteiger partial charge in [-0.25, -0.2) is 13.6 Å². The highest BCUT2D eigenvalue weighted by molar-refractivity contribution is 7.91. The van der Waals surface area contributed by atoms with Crippen LogP contribution in [0.1, 0.15) is 37.0 Å². The fourth-order valence-corrected chi connectivity index (χ4v) is 4.39. The molecule has 1 aromatic carbocycles. The summed E-state index contributed by atoms with van der Waals surface area (Å²) in [6.45, 7) is 4.96. The summed E-state index contributed by atoms with van der Waals surface area (Å²) in [4.78, 5) is 12.6. The van der Waals surface area contributed by atoms with Crippen molar-refractivity contribution >= 4 is 21.4 Å². The van der Waals surface area contributed by atoms with Crippen molar-refractivity contribution in [3.63, 3.8) is 0 Å². The zero-order valence-corrected chi connectivity index (χ0v) is 16.3. The van der Waals surface area contributed by atoms with Crippen LogP contribution in [0.15, 0.2) is 17.0 Å². The zero-order chi connectivity index (χ0) is 19.5. The minimum atomic E-state index is -3.57. The van der Waals surface area contributed by atoms with Crippen molar-refractivity contribution < 1.29 is 27.8 Å². The summed E-state index contributed by atoms with van der Waals surface area (Å²) < 4.78 is 29.5. The zero-order valence-electron chi connectivity index (χ0n) is 15.5. The molecule has 1 unspecified atom stereocenters. The number of methoxy groups -OCH3 is 1. The predicted molar refractivity (Wildman–Crippen MR) is 97.9 cm³/mol. The van der Waals surface area contributed by atoms with E-state index in [1.54, 1.807) is 0 Å². The van der Waals surface area contributed by atoms with E-state index in [9.17, 15) is 18.4 Å². The monoisotopic (exact) mass is 386 g/mol. The van der Waals surface area contributed by atoms with Crippen molar-refractivity contribution in [1.29, 1.82) is 0 Å². The second kappa shape index (κ2) is 7.81. The number of likely N-dealkylation sites (N-methyl/N-ethyl adjacent to an activating group) is 1. The van der Waals surface area contributed by atoms with Crippen LogP contribution in [0.2, 0.25) is 0 Å². The molecule has 0 radical (unpaired) electrons. The third kappa shape index (κ3) is 3.94. The van der Waals surface area contributed by atoms with E-state index >= 15 is 0 Å². The molecular formula is C17H28N3O5S+. The first kappa shape index (κ1) is 20.5. The smallest absolute Gasteiger partial charge is 0.255 e. The number of nitrogens with two attached hydrogens (primary N) is 1. The Balaban J connectivity index is 2.26. The molecule has 0 aromatic heterocycles. The maximum atomic E-state index is 12.6. The summed E-state index contributed by atoms with van der Waals surface area (Å²) in [6.07, 6.45) is 1.72. The molecule has 2 atom stereocenters. The first-order valence-electron chi connectivity index (χ1n) is 8.76. The molecule has 1 saturated heterocycles. The number of quaternary nitrogens is 1. The molecule has 9 heteroatoms. The molecule has 146 valence electrons. The number of likely N-dealkylation sites (tertiary alicyclic amines) is 1. The quantitative estimate of drug-likeness (QED) is 0.478. The van der Waals surface area contributed by atoms with Gasteiger partial charge in [0.1, 0.15) is 24.9 Å². The Morgan fingerprint density at radius 2 is 2.12 bits per heavy atom. The number of anilines is 1. The lowest BCUT2D eigenvalue weighted by atomic mass is 10.1. The number of hydrogen-bond donors (Lipinski definition) is 3. The number of benzene rings is 1. The molecule has 0 aliphatic carbocycles. The summed E-state index contributed by atoms with van der Waals surface area (Å²) in [5, 5.41) is 13.3. The number of nitrogen functional groups attached to an aromatic ring is 1. The average Bonchev–Trinajstić information content (AvgIpc) is 3.00. The van der Waals surface area contributed by atoms with Gasteiger partial charge in [-0.2, -0.15) is 4.65 Å². The Kier molecular flexibility index (Phi) is 6.15. The topological polar surface area (TPSA) is 119 Å². The minimum absolute atomic E-state index is 0.0491. The Morgan fingerprint density at radius 3 is 2.69 bits per heavy atom. The molecular weight excluding hydrogens is 358 g/mol. The number of carbonyl (C=O) groups is 1. The van der Waals surface area contributed by atoms with Crippen LogP contribution in [0.4, 0.5) is 5.69 Å². The van der Waals surface area contributed by atoms with Crippen LogP contribution in [0.25, 0.3) is 0 Å². The van der Waals surface area contributed by atoms with E-state index < -0.39 is 15.7 Å². The van der Waals surface area contributed by atoms with E-state index in [1.165, 1.54) is 26.2 Å². The fourth-order valence-electron chi connectivity index (χ4n) is 3.36. The number of hydroxylamine groups is 3. The summed E-state index contributed by atoms with van der Waals surface area (Å²) in [5.74, 6) is -0.362. The molecule has 0 saturated carbocycles. The van der Waals surface area contributed by atoms with E-state index in [0.717, 1.165) is 12.8 Å². The van der Waals surface area contributed by atoms with Gasteiger partial charge in [-0.3, -0.25) is 4.79 Å². The van der Waals surface area contributed by atoms with Crippen molar-refractivity contribution in [2.24, 2.45) is 0 Å². The molecule has 8 nitrogen and oxygen atoms in total. The van der Waals surface area contributed by atoms with Crippen LogP contribution in [-0.4, -0.2) is 62.7 Å². The molecule has 1 aromatic rings. The van der Waals surface area contributed by atoms with E-state index in [2.05, 4.69) is 5.32 Å². The van der Waals surface area contributed by atoms with Gasteiger partial charge >= 0.3 is 0 Å². The first-order valence-corrected chi connectivity index (χ1v) is 10.4. The Morgan fingerprint density at radius 1 is 1.42 bits per heavy atom. The van der Waals surface area contributed by atoms with Gasteiger partial charge in [-0.05, 0) is 13.0 Å². The third-order valence-corrected chi connectivity index (χ3v) is 6.88. The number of sulfone groups is 1. The molecule has 1 fully saturated rings. The van der Waals surface area contributed by atoms with Gasteiger partial charge in [0.2, 0.25) is 0 Å². The summed E-state index contributed by atoms with van der Waals surface area (Å²) >= 11 is 0. The minimum Gasteiger partial charge on any atom is -0.496 e. The predicted octanol–water partition coefficient (Wildman–Crippen LogP) is 1.19. The van der Waals surface area contributed by atoms with E-state index in [0.29, 0.717) is 19.6 Å². The van der Waals surface area contributed by atoms with E-state index in [-0.39, 0.29) is 38.3 Å². The van der Waals surface area contributed by atoms with Crippen molar-refractivity contribution in [1.82, 2.24) is 5.32 Å². The third-order valence-electron chi connectivity index (χ3n) is 5.10. The molecule has 1 aliphatic heterocycles. The molecule has 2 rings (SSSR count). The van der Waals surface area contributed by atoms with Gasteiger partial charge in [-0.15, -0.1) is 0 Å². The molecule has 1 amide bonds. The number of ether oxygens (including phenoxy) is 1. The van der Waals surface area contributed by atoms with Crippen molar-refractivity contribution in [3.8, 4) is 5.75 Å². The largest absolute Gasteiger partial charge is 0.496 e. The number of nitrogens with one attached hydrogen (secondary N) is 1. The Bertz CT molecular complexity index is 781. The average molecular weight is 386 g/mol. The highest BCUT2D eigenvalue weighted by Crippen LogP contribution is 2.29. The summed E-state index contributed by atoms with van der Waals surface area (Å²) in [5.41, 5.74) is 5.99. The number of amides is 1. The van der Waals surface area contributed by atoms with Crippen molar-refractivity contribution in [2.45, 2.75) is 37.6 Å². The maximum Gasteiger partial charge on any atom is 0.255 e. The number of hydrogen-bond acceptors (Lipinski definition) is 6. The fraction of sp³-hybridized carbons (Fsp3) is 0.588. The molecule has 0 spiro atoms. The van der Waals surface area contributed by atoms with Gasteiger partial charge in [0.25, 0.3) is 5.91 Å². The number of nitrogens with zero attached hydrogens (tertiary/aromatic N) is 1. The van der Waals surface area contributed by atoms with E-state index in [1.807, 2.05) is 6.92 Å². The van der Waals surface area contributed by atoms with Crippen molar-refractivity contribution in [3.05, 3.63) is 17.7 Å². The van der Waals surface area contributed by atoms with Gasteiger partial charge in [0.15, 0.2) is 9.84 Å².